The molecule has 0 radical (unpaired) electrons. The molecule has 0 bridgehead atoms. The lowest BCUT2D eigenvalue weighted by molar-refractivity contribution is -0.119. The number of carbonyl (C=O) groups excluding carboxylic acids is 2. The first-order valence-corrected chi connectivity index (χ1v) is 15.3. The zero-order valence-electron chi connectivity index (χ0n) is 21.0. The van der Waals surface area contributed by atoms with Crippen LogP contribution >= 0.6 is 0 Å². The number of carbonyl (C=O) groups is 2. The molecule has 1 amide bonds. The van der Waals surface area contributed by atoms with Crippen LogP contribution in [0.2, 0.25) is 0 Å². The molecule has 0 unspecified atom stereocenters. The first-order valence-electron chi connectivity index (χ1n) is 11.9. The molecule has 202 valence electrons. The number of ketones is 1. The minimum atomic E-state index is -3.95. The summed E-state index contributed by atoms with van der Waals surface area (Å²) in [5, 5.41) is 4.33. The van der Waals surface area contributed by atoms with Crippen LogP contribution in [-0.4, -0.2) is 47.4 Å². The molecule has 0 heterocycles. The number of Topliss-reactive ketones (excluding diaryl/α,β-unsaturated/α-hetero) is 1. The summed E-state index contributed by atoms with van der Waals surface area (Å²) in [6.07, 6.45) is 1.08. The molecule has 0 aliphatic carbocycles. The highest BCUT2D eigenvalue weighted by Gasteiger charge is 2.23. The third kappa shape index (κ3) is 7.73. The second-order valence-electron chi connectivity index (χ2n) is 8.97. The summed E-state index contributed by atoms with van der Waals surface area (Å²) >= 11 is 0. The van der Waals surface area contributed by atoms with E-state index in [1.165, 1.54) is 30.3 Å². The maximum Gasteiger partial charge on any atom is 0.261 e. The van der Waals surface area contributed by atoms with Gasteiger partial charge in [-0.1, -0.05) is 66.7 Å². The molecule has 0 aromatic heterocycles. The Kier molecular flexibility index (Phi) is 8.44. The van der Waals surface area contributed by atoms with Gasteiger partial charge in [0.25, 0.3) is 15.9 Å². The van der Waals surface area contributed by atoms with E-state index in [0.29, 0.717) is 0 Å². The van der Waals surface area contributed by atoms with Gasteiger partial charge in [0.2, 0.25) is 10.0 Å². The van der Waals surface area contributed by atoms with Crippen LogP contribution in [0.25, 0.3) is 10.8 Å². The van der Waals surface area contributed by atoms with Gasteiger partial charge >= 0.3 is 0 Å². The van der Waals surface area contributed by atoms with Crippen molar-refractivity contribution in [2.75, 3.05) is 17.5 Å². The topological polar surface area (TPSA) is 139 Å². The SMILES string of the molecule is CS(=O)(=O)NCC(=O)[C@H](Cc1ccccc1)NC(=O)c1cccc(NS(=O)(=O)c2ccc3ccccc3c2)c1. The van der Waals surface area contributed by atoms with Gasteiger partial charge < -0.3 is 5.32 Å². The van der Waals surface area contributed by atoms with Crippen molar-refractivity contribution in [2.45, 2.75) is 17.4 Å². The molecule has 4 aromatic carbocycles. The molecule has 0 spiro atoms. The van der Waals surface area contributed by atoms with Crippen molar-refractivity contribution in [2.24, 2.45) is 0 Å². The lowest BCUT2D eigenvalue weighted by Gasteiger charge is -2.18. The summed E-state index contributed by atoms with van der Waals surface area (Å²) in [7, 11) is -7.56. The van der Waals surface area contributed by atoms with Crippen molar-refractivity contribution >= 4 is 48.2 Å². The fraction of sp³-hybridized carbons (Fsp3) is 0.143. The Balaban J connectivity index is 1.52. The van der Waals surface area contributed by atoms with Gasteiger partial charge in [0.1, 0.15) is 0 Å². The molecule has 0 saturated carbocycles. The van der Waals surface area contributed by atoms with E-state index in [1.54, 1.807) is 36.4 Å². The van der Waals surface area contributed by atoms with Crippen LogP contribution in [0, 0.1) is 0 Å². The van der Waals surface area contributed by atoms with E-state index in [2.05, 4.69) is 14.8 Å². The molecular weight excluding hydrogens is 538 g/mol. The number of benzene rings is 4. The molecule has 4 rings (SSSR count). The number of nitrogens with one attached hydrogen (secondary N) is 3. The molecule has 0 aliphatic rings. The Labute approximate surface area is 227 Å². The van der Waals surface area contributed by atoms with E-state index in [0.717, 1.165) is 22.6 Å². The molecule has 9 nitrogen and oxygen atoms in total. The van der Waals surface area contributed by atoms with Gasteiger partial charge in [0.15, 0.2) is 5.78 Å². The van der Waals surface area contributed by atoms with Gasteiger partial charge in [0, 0.05) is 11.3 Å². The predicted molar refractivity (Wildman–Crippen MR) is 150 cm³/mol. The molecular formula is C28H27N3O6S2. The maximum atomic E-state index is 13.1. The molecule has 4 aromatic rings. The molecule has 1 atom stereocenters. The van der Waals surface area contributed by atoms with E-state index in [1.807, 2.05) is 30.3 Å². The van der Waals surface area contributed by atoms with Gasteiger partial charge in [-0.15, -0.1) is 0 Å². The number of amides is 1. The van der Waals surface area contributed by atoms with Crippen molar-refractivity contribution in [1.82, 2.24) is 10.0 Å². The lowest BCUT2D eigenvalue weighted by Crippen LogP contribution is -2.46. The van der Waals surface area contributed by atoms with E-state index < -0.39 is 44.3 Å². The van der Waals surface area contributed by atoms with Gasteiger partial charge in [-0.25, -0.2) is 21.6 Å². The lowest BCUT2D eigenvalue weighted by atomic mass is 10.0. The molecule has 39 heavy (non-hydrogen) atoms. The second kappa shape index (κ2) is 11.8. The smallest absolute Gasteiger partial charge is 0.261 e. The average molecular weight is 566 g/mol. The van der Waals surface area contributed by atoms with E-state index in [4.69, 9.17) is 0 Å². The Morgan fingerprint density at radius 1 is 0.769 bits per heavy atom. The predicted octanol–water partition coefficient (Wildman–Crippen LogP) is 3.10. The average Bonchev–Trinajstić information content (AvgIpc) is 2.91. The van der Waals surface area contributed by atoms with Crippen molar-refractivity contribution in [3.05, 3.63) is 108 Å². The van der Waals surface area contributed by atoms with Gasteiger partial charge in [-0.05, 0) is 53.1 Å². The highest BCUT2D eigenvalue weighted by Crippen LogP contribution is 2.22. The zero-order chi connectivity index (χ0) is 28.0. The first-order chi connectivity index (χ1) is 18.5. The maximum absolute atomic E-state index is 13.1. The van der Waals surface area contributed by atoms with Crippen molar-refractivity contribution < 1.29 is 26.4 Å². The second-order valence-corrected chi connectivity index (χ2v) is 12.5. The highest BCUT2D eigenvalue weighted by molar-refractivity contribution is 7.92. The van der Waals surface area contributed by atoms with Crippen LogP contribution < -0.4 is 14.8 Å². The summed E-state index contributed by atoms with van der Waals surface area (Å²) in [5.41, 5.74) is 1.06. The fourth-order valence-corrected chi connectivity index (χ4v) is 5.42. The monoisotopic (exact) mass is 565 g/mol. The van der Waals surface area contributed by atoms with Crippen molar-refractivity contribution in [1.29, 1.82) is 0 Å². The summed E-state index contributed by atoms with van der Waals surface area (Å²) in [4.78, 5) is 26.0. The molecule has 0 fully saturated rings. The Bertz CT molecular complexity index is 1720. The Morgan fingerprint density at radius 3 is 2.18 bits per heavy atom. The summed E-state index contributed by atoms with van der Waals surface area (Å²) in [5.74, 6) is -1.14. The van der Waals surface area contributed by atoms with Crippen LogP contribution in [0.1, 0.15) is 15.9 Å². The molecule has 0 saturated heterocycles. The molecule has 11 heteroatoms. The Hall–Kier alpha value is -4.06. The minimum Gasteiger partial charge on any atom is -0.342 e. The summed E-state index contributed by atoms with van der Waals surface area (Å²) < 4.78 is 53.7. The van der Waals surface area contributed by atoms with Crippen molar-refractivity contribution in [3.8, 4) is 0 Å². The third-order valence-electron chi connectivity index (χ3n) is 5.89. The normalized spacial score (nSPS) is 12.5. The zero-order valence-corrected chi connectivity index (χ0v) is 22.6. The largest absolute Gasteiger partial charge is 0.342 e. The number of anilines is 1. The van der Waals surface area contributed by atoms with Crippen LogP contribution in [0.4, 0.5) is 5.69 Å². The third-order valence-corrected chi connectivity index (χ3v) is 7.94. The number of hydrogen-bond donors (Lipinski definition) is 3. The van der Waals surface area contributed by atoms with Gasteiger partial charge in [-0.2, -0.15) is 0 Å². The Morgan fingerprint density at radius 2 is 1.46 bits per heavy atom. The quantitative estimate of drug-likeness (QED) is 0.256. The number of hydrogen-bond acceptors (Lipinski definition) is 6. The first kappa shape index (κ1) is 28.0. The van der Waals surface area contributed by atoms with E-state index in [9.17, 15) is 26.4 Å². The number of fused-ring (bicyclic) bond motifs is 1. The number of sulfonamides is 2. The van der Waals surface area contributed by atoms with Crippen LogP contribution in [0.3, 0.4) is 0 Å². The summed E-state index contributed by atoms with van der Waals surface area (Å²) in [6, 6.07) is 26.0. The van der Waals surface area contributed by atoms with Crippen LogP contribution in [-0.2, 0) is 31.3 Å². The van der Waals surface area contributed by atoms with Crippen molar-refractivity contribution in [3.63, 3.8) is 0 Å². The standard InChI is InChI=1S/C28H27N3O6S2/c1-38(34,35)29-19-27(32)26(16-20-8-3-2-4-9-20)30-28(33)23-12-7-13-24(17-23)31-39(36,37)25-15-14-21-10-5-6-11-22(21)18-25/h2-15,17-18,26,29,31H,16,19H2,1H3,(H,30,33)/t26-/m0/s1. The molecule has 0 aliphatic heterocycles. The van der Waals surface area contributed by atoms with E-state index in [-0.39, 0.29) is 22.6 Å². The fourth-order valence-electron chi connectivity index (χ4n) is 3.93. The van der Waals surface area contributed by atoms with Crippen LogP contribution in [0.5, 0.6) is 0 Å². The minimum absolute atomic E-state index is 0.0722. The highest BCUT2D eigenvalue weighted by atomic mass is 32.2. The van der Waals surface area contributed by atoms with Crippen LogP contribution in [0.15, 0.2) is 102 Å². The van der Waals surface area contributed by atoms with Gasteiger partial charge in [-0.3, -0.25) is 14.3 Å². The van der Waals surface area contributed by atoms with Gasteiger partial charge in [0.05, 0.1) is 23.7 Å². The number of rotatable bonds is 11. The van der Waals surface area contributed by atoms with E-state index >= 15 is 0 Å². The molecule has 3 N–H and O–H groups in total. The summed E-state index contributed by atoms with van der Waals surface area (Å²) in [6.45, 7) is -0.484.